The van der Waals surface area contributed by atoms with Gasteiger partial charge in [0.15, 0.2) is 9.84 Å². The van der Waals surface area contributed by atoms with Crippen LogP contribution in [0, 0.1) is 0 Å². The Morgan fingerprint density at radius 3 is 1.18 bits per heavy atom. The van der Waals surface area contributed by atoms with E-state index in [0.717, 1.165) is 74.6 Å². The van der Waals surface area contributed by atoms with Crippen molar-refractivity contribution < 1.29 is 13.5 Å². The van der Waals surface area contributed by atoms with Gasteiger partial charge in [-0.05, 0) is 226 Å². The molecule has 12 rings (SSSR count). The van der Waals surface area contributed by atoms with E-state index in [-0.39, 0.29) is 42.8 Å². The molecule has 8 atom stereocenters. The number of hydrogen-bond donors (Lipinski definition) is 4. The quantitative estimate of drug-likeness (QED) is 0.0958. The average Bonchev–Trinajstić information content (AvgIpc) is 0.802. The summed E-state index contributed by atoms with van der Waals surface area (Å²) in [6.45, 7) is 1.03. The second-order valence-electron chi connectivity index (χ2n) is 25.0. The number of nitrogens with one attached hydrogen (secondary N) is 2. The summed E-state index contributed by atoms with van der Waals surface area (Å²) in [6, 6.07) is 52.5. The second kappa shape index (κ2) is 33.4. The molecule has 0 fully saturated rings. The van der Waals surface area contributed by atoms with Crippen molar-refractivity contribution >= 4 is 115 Å². The van der Waals surface area contributed by atoms with Crippen molar-refractivity contribution in [3.05, 3.63) is 275 Å². The molecule has 18 heteroatoms. The first-order chi connectivity index (χ1) is 43.4. The van der Waals surface area contributed by atoms with Gasteiger partial charge in [-0.3, -0.25) is 0 Å². The number of nitrogens with two attached hydrogens (primary N) is 1. The molecule has 0 spiro atoms. The highest BCUT2D eigenvalue weighted by molar-refractivity contribution is 7.89. The van der Waals surface area contributed by atoms with Gasteiger partial charge in [0.1, 0.15) is 0 Å². The zero-order valence-corrected chi connectivity index (χ0v) is 60.6. The van der Waals surface area contributed by atoms with Gasteiger partial charge in [0, 0.05) is 60.6 Å². The molecule has 490 valence electrons. The highest BCUT2D eigenvalue weighted by Gasteiger charge is 2.33. The smallest absolute Gasteiger partial charge is 0.151 e. The number of nitrogens with zero attached hydrogens (tertiary/aromatic N) is 2. The summed E-state index contributed by atoms with van der Waals surface area (Å²) in [4.78, 5) is 4.41. The summed E-state index contributed by atoms with van der Waals surface area (Å²) >= 11 is 49.0. The Hall–Kier alpha value is -3.92. The molecule has 0 radical (unpaired) electrons. The fraction of sp³-hybridized carbons (Fsp3) is 0.351. The van der Waals surface area contributed by atoms with Crippen molar-refractivity contribution in [1.29, 1.82) is 0 Å². The van der Waals surface area contributed by atoms with Crippen LogP contribution in [0.25, 0.3) is 0 Å². The number of fused-ring (bicyclic) bond motifs is 4. The minimum Gasteiger partial charge on any atom is -0.392 e. The van der Waals surface area contributed by atoms with Crippen LogP contribution in [-0.4, -0.2) is 71.9 Å². The number of aliphatic hydroxyl groups excluding tert-OH is 1. The second-order valence-corrected chi connectivity index (χ2v) is 30.4. The molecule has 0 aromatic heterocycles. The van der Waals surface area contributed by atoms with E-state index in [1.54, 1.807) is 0 Å². The number of halogens is 9. The van der Waals surface area contributed by atoms with Gasteiger partial charge in [0.05, 0.1) is 52.5 Å². The third-order valence-corrected chi connectivity index (χ3v) is 22.1. The molecule has 92 heavy (non-hydrogen) atoms. The largest absolute Gasteiger partial charge is 0.392 e. The predicted octanol–water partition coefficient (Wildman–Crippen LogP) is 20.3. The van der Waals surface area contributed by atoms with Crippen LogP contribution in [0.1, 0.15) is 183 Å². The van der Waals surface area contributed by atoms with Gasteiger partial charge >= 0.3 is 0 Å². The highest BCUT2D eigenvalue weighted by Crippen LogP contribution is 2.47. The maximum atomic E-state index is 11.7. The van der Waals surface area contributed by atoms with Gasteiger partial charge in [0.25, 0.3) is 0 Å². The molecule has 4 aliphatic rings. The molecular weight excluding hydrogens is 1360 g/mol. The molecule has 8 aromatic rings. The topological polar surface area (TPSA) is 111 Å². The van der Waals surface area contributed by atoms with E-state index in [9.17, 15) is 13.5 Å². The molecule has 5 N–H and O–H groups in total. The van der Waals surface area contributed by atoms with Gasteiger partial charge in [-0.25, -0.2) is 8.42 Å². The molecular formula is C74H82Cl9N5O3S. The van der Waals surface area contributed by atoms with E-state index in [1.165, 1.54) is 73.0 Å². The number of aliphatic hydroxyl groups is 1. The first kappa shape index (κ1) is 73.9. The maximum absolute atomic E-state index is 11.7. The summed E-state index contributed by atoms with van der Waals surface area (Å²) in [7, 11) is 9.31. The third kappa shape index (κ3) is 18.2. The molecule has 2 unspecified atom stereocenters. The van der Waals surface area contributed by atoms with Crippen LogP contribution >= 0.6 is 105 Å². The van der Waals surface area contributed by atoms with E-state index in [4.69, 9.17) is 98.5 Å². The summed E-state index contributed by atoms with van der Waals surface area (Å²) in [5.41, 5.74) is 24.6. The Morgan fingerprint density at radius 1 is 0.435 bits per heavy atom. The fourth-order valence-electron chi connectivity index (χ4n) is 13.9. The lowest BCUT2D eigenvalue weighted by molar-refractivity contribution is 0.262. The summed E-state index contributed by atoms with van der Waals surface area (Å²) in [6.07, 6.45) is 9.71. The minimum atomic E-state index is -3.06. The molecule has 0 saturated carbocycles. The molecule has 0 heterocycles. The Bertz CT molecular complexity index is 3960. The lowest BCUT2D eigenvalue weighted by Gasteiger charge is -2.36. The van der Waals surface area contributed by atoms with Gasteiger partial charge in [-0.2, -0.15) is 0 Å². The average molecular weight is 1440 g/mol. The van der Waals surface area contributed by atoms with Crippen molar-refractivity contribution in [3.8, 4) is 0 Å². The monoisotopic (exact) mass is 1440 g/mol. The van der Waals surface area contributed by atoms with Gasteiger partial charge in [-0.15, -0.1) is 12.4 Å². The highest BCUT2D eigenvalue weighted by atomic mass is 35.5. The number of rotatable bonds is 12. The number of hydrogen-bond acceptors (Lipinski definition) is 8. The molecule has 0 saturated heterocycles. The third-order valence-electron chi connectivity index (χ3n) is 18.3. The summed E-state index contributed by atoms with van der Waals surface area (Å²) < 4.78 is 23.4. The molecule has 4 aliphatic carbocycles. The van der Waals surface area contributed by atoms with Crippen LogP contribution < -0.4 is 16.4 Å². The summed E-state index contributed by atoms with van der Waals surface area (Å²) in [5, 5.41) is 21.0. The van der Waals surface area contributed by atoms with E-state index >= 15 is 0 Å². The van der Waals surface area contributed by atoms with Gasteiger partial charge in [-0.1, -0.05) is 196 Å². The van der Waals surface area contributed by atoms with E-state index < -0.39 is 9.84 Å². The van der Waals surface area contributed by atoms with E-state index in [2.05, 4.69) is 134 Å². The maximum Gasteiger partial charge on any atom is 0.151 e. The van der Waals surface area contributed by atoms with E-state index in [1.807, 2.05) is 80.8 Å². The van der Waals surface area contributed by atoms with Crippen LogP contribution in [0.3, 0.4) is 0 Å². The van der Waals surface area contributed by atoms with Crippen LogP contribution in [0.4, 0.5) is 0 Å². The normalized spacial score (nSPS) is 20.5. The lowest BCUT2D eigenvalue weighted by Crippen LogP contribution is -2.26. The number of benzene rings is 8. The van der Waals surface area contributed by atoms with Crippen molar-refractivity contribution in [3.63, 3.8) is 0 Å². The zero-order chi connectivity index (χ0) is 65.4. The Labute approximate surface area is 591 Å². The first-order valence-electron chi connectivity index (χ1n) is 30.9. The Kier molecular flexibility index (Phi) is 26.8. The SMILES string of the molecule is CN(C)[C@H]1CC[C@@H](c2ccc(Cl)c(Cl)c2)c2ccc(CS(C)(=O)=O)cc21.CN[C@H]1CC[C@@H](c2ccc(Cl)c(Cl)c2)c2ccc(CN(C)C)cc21.CN[C@H]1CC[C@@H](c2ccc(Cl)c(Cl)c2)c2ccc(CO)cc21.Cl.NC1CCC(c2ccc(Cl)c(Cl)c2)c2ccccc21. The molecule has 8 aromatic carbocycles. The molecule has 0 bridgehead atoms. The van der Waals surface area contributed by atoms with Crippen molar-refractivity contribution in [2.75, 3.05) is 48.5 Å². The van der Waals surface area contributed by atoms with Crippen LogP contribution in [-0.2, 0) is 28.7 Å². The fourth-order valence-corrected chi connectivity index (χ4v) is 15.9. The van der Waals surface area contributed by atoms with Crippen LogP contribution in [0.5, 0.6) is 0 Å². The van der Waals surface area contributed by atoms with Gasteiger partial charge < -0.3 is 31.3 Å². The van der Waals surface area contributed by atoms with Crippen molar-refractivity contribution in [2.45, 2.75) is 118 Å². The molecule has 0 amide bonds. The van der Waals surface area contributed by atoms with Gasteiger partial charge in [0.2, 0.25) is 0 Å². The minimum absolute atomic E-state index is 0. The van der Waals surface area contributed by atoms with Crippen molar-refractivity contribution in [2.24, 2.45) is 5.73 Å². The number of sulfone groups is 1. The molecule has 0 aliphatic heterocycles. The predicted molar refractivity (Wildman–Crippen MR) is 392 cm³/mol. The lowest BCUT2D eigenvalue weighted by atomic mass is 9.76. The van der Waals surface area contributed by atoms with E-state index in [0.29, 0.717) is 70.0 Å². The van der Waals surface area contributed by atoms with Crippen LogP contribution in [0.2, 0.25) is 40.2 Å². The Morgan fingerprint density at radius 2 is 0.793 bits per heavy atom. The standard InChI is InChI=1S/C20H24Cl2N2.C20H23Cl2NO2S.C18H19Cl2NO.C16H15Cl2N.ClH/c1-23-20-9-7-15(14-5-8-18(21)19(22)11-14)16-6-4-13(10-17(16)20)12-24(2)3;1-23(2)20-9-7-15(14-5-8-18(21)19(22)11-14)16-6-4-13(10-17(16)20)12-26(3,24)25;1-21-18-7-5-13(12-3-6-16(19)17(20)9-12)14-4-2-11(10-22)8-15(14)18;17-14-7-5-10(9-15(14)18)11-6-8-16(19)13-4-2-1-3-12(11)13;/h4-6,8,10-11,15,20,23H,7,9,12H2,1-3H3;4-6,8,10-11,15,20H,7,9,12H2,1-3H3;2-4,6,8-9,13,18,21-22H,5,7,10H2,1H3;1-5,7,9,11,16H,6,8,19H2;1H/t2*15-,20-;13-,18-;;/m000../s1. The molecule has 8 nitrogen and oxygen atoms in total. The van der Waals surface area contributed by atoms with Crippen molar-refractivity contribution in [1.82, 2.24) is 20.4 Å². The summed E-state index contributed by atoms with van der Waals surface area (Å²) in [5.74, 6) is 1.38. The first-order valence-corrected chi connectivity index (χ1v) is 36.0. The van der Waals surface area contributed by atoms with Crippen LogP contribution in [0.15, 0.2) is 152 Å². The zero-order valence-electron chi connectivity index (χ0n) is 52.9. The Balaban J connectivity index is 0.000000158.